The van der Waals surface area contributed by atoms with Crippen molar-refractivity contribution in [2.45, 2.75) is 133 Å². The van der Waals surface area contributed by atoms with Crippen molar-refractivity contribution in [3.05, 3.63) is 42.1 Å². The second-order valence-electron chi connectivity index (χ2n) is 17.8. The zero-order valence-corrected chi connectivity index (χ0v) is 34.6. The van der Waals surface area contributed by atoms with Gasteiger partial charge in [-0.25, -0.2) is 18.2 Å². The maximum Gasteiger partial charge on any atom is 0.411 e. The quantitative estimate of drug-likeness (QED) is 0.302. The molecule has 18 heteroatoms. The molecule has 7 rings (SSSR count). The molecule has 3 N–H and O–H groups in total. The summed E-state index contributed by atoms with van der Waals surface area (Å²) in [5.74, 6) is -3.75. The molecule has 3 fully saturated rings. The molecular formula is C41H52F3N5O9S. The molecule has 7 atom stereocenters. The van der Waals surface area contributed by atoms with Gasteiger partial charge in [0.15, 0.2) is 0 Å². The van der Waals surface area contributed by atoms with Gasteiger partial charge in [-0.05, 0) is 90.0 Å². The van der Waals surface area contributed by atoms with Crippen LogP contribution >= 0.6 is 0 Å². The number of allylic oxidation sites excluding steroid dienone is 1. The van der Waals surface area contributed by atoms with Gasteiger partial charge in [0.25, 0.3) is 5.91 Å². The average molecular weight is 848 g/mol. The second kappa shape index (κ2) is 15.1. The van der Waals surface area contributed by atoms with Gasteiger partial charge in [-0.3, -0.25) is 24.0 Å². The molecular weight excluding hydrogens is 796 g/mol. The van der Waals surface area contributed by atoms with Crippen molar-refractivity contribution < 1.29 is 55.3 Å². The number of hydrogen-bond donors (Lipinski definition) is 3. The number of carbonyl (C=O) groups is 4. The summed E-state index contributed by atoms with van der Waals surface area (Å²) in [7, 11) is -4.12. The maximum atomic E-state index is 15.1. The molecule has 1 aromatic heterocycles. The van der Waals surface area contributed by atoms with E-state index in [-0.39, 0.29) is 42.5 Å². The fourth-order valence-corrected chi connectivity index (χ4v) is 10.1. The van der Waals surface area contributed by atoms with Crippen LogP contribution in [-0.2, 0) is 30.8 Å². The molecule has 3 aliphatic heterocycles. The Kier molecular flexibility index (Phi) is 10.9. The number of nitrogens with zero attached hydrogens (tertiary/aromatic N) is 3. The minimum absolute atomic E-state index is 0.0583. The Labute approximate surface area is 341 Å². The number of halogens is 3. The summed E-state index contributed by atoms with van der Waals surface area (Å²) in [4.78, 5) is 62.6. The fraction of sp³-hybridized carbons (Fsp3) is 0.634. The topological polar surface area (TPSA) is 185 Å². The molecule has 4 heterocycles. The Morgan fingerprint density at radius 3 is 2.47 bits per heavy atom. The highest BCUT2D eigenvalue weighted by Crippen LogP contribution is 2.48. The average Bonchev–Trinajstić information content (AvgIpc) is 4.04. The molecule has 1 saturated heterocycles. The smallest absolute Gasteiger partial charge is 0.411 e. The van der Waals surface area contributed by atoms with Gasteiger partial charge in [-0.1, -0.05) is 44.2 Å². The lowest BCUT2D eigenvalue weighted by Gasteiger charge is -2.45. The Morgan fingerprint density at radius 2 is 1.81 bits per heavy atom. The van der Waals surface area contributed by atoms with E-state index >= 15 is 4.79 Å². The van der Waals surface area contributed by atoms with Crippen LogP contribution in [-0.4, -0.2) is 105 Å². The number of pyridine rings is 1. The van der Waals surface area contributed by atoms with E-state index in [1.54, 1.807) is 18.2 Å². The number of benzene rings is 1. The summed E-state index contributed by atoms with van der Waals surface area (Å²) >= 11 is 0. The number of aromatic nitrogens is 1. The summed E-state index contributed by atoms with van der Waals surface area (Å²) in [6.07, 6.45) is -1.42. The Bertz CT molecular complexity index is 2180. The number of hydrogen-bond acceptors (Lipinski definition) is 9. The molecule has 0 radical (unpaired) electrons. The Balaban J connectivity index is 1.30. The number of alkyl halides is 3. The molecule has 14 nitrogen and oxygen atoms in total. The van der Waals surface area contributed by atoms with Gasteiger partial charge < -0.3 is 24.8 Å². The van der Waals surface area contributed by atoms with Crippen molar-refractivity contribution >= 4 is 44.6 Å². The van der Waals surface area contributed by atoms with Gasteiger partial charge >= 0.3 is 12.3 Å². The van der Waals surface area contributed by atoms with E-state index in [1.165, 1.54) is 13.8 Å². The minimum Gasteiger partial charge on any atom is -0.491 e. The summed E-state index contributed by atoms with van der Waals surface area (Å²) in [5, 5.41) is 14.6. The molecule has 0 unspecified atom stereocenters. The maximum absolute atomic E-state index is 15.1. The van der Waals surface area contributed by atoms with Crippen molar-refractivity contribution in [3.63, 3.8) is 0 Å². The van der Waals surface area contributed by atoms with Crippen molar-refractivity contribution in [1.29, 1.82) is 0 Å². The normalized spacial score (nSPS) is 30.3. The van der Waals surface area contributed by atoms with Gasteiger partial charge in [0, 0.05) is 23.1 Å². The van der Waals surface area contributed by atoms with Crippen LogP contribution in [0.5, 0.6) is 11.6 Å². The van der Waals surface area contributed by atoms with Crippen LogP contribution in [0, 0.1) is 17.8 Å². The van der Waals surface area contributed by atoms with Gasteiger partial charge in [-0.2, -0.15) is 13.2 Å². The summed E-state index contributed by atoms with van der Waals surface area (Å²) in [6, 6.07) is 3.90. The van der Waals surface area contributed by atoms with Crippen LogP contribution < -0.4 is 19.5 Å². The fourth-order valence-electron chi connectivity index (χ4n) is 8.83. The number of aryl methyl sites for hydroxylation is 1. The highest BCUT2D eigenvalue weighted by molar-refractivity contribution is 7.91. The summed E-state index contributed by atoms with van der Waals surface area (Å²) in [6.45, 7) is 6.49. The molecule has 5 aliphatic rings. The number of sulfonamides is 1. The van der Waals surface area contributed by atoms with E-state index in [0.29, 0.717) is 75.8 Å². The highest BCUT2D eigenvalue weighted by atomic mass is 32.2. The largest absolute Gasteiger partial charge is 0.491 e. The van der Waals surface area contributed by atoms with E-state index in [1.807, 2.05) is 25.1 Å². The zero-order chi connectivity index (χ0) is 42.9. The first-order valence-corrected chi connectivity index (χ1v) is 21.7. The molecule has 2 saturated carbocycles. The number of carboxylic acid groups (broad SMARTS) is 1. The molecule has 1 aromatic carbocycles. The number of rotatable bonds is 7. The van der Waals surface area contributed by atoms with Crippen LogP contribution in [0.4, 0.5) is 18.0 Å². The number of ether oxygens (including phenoxy) is 2. The van der Waals surface area contributed by atoms with Crippen LogP contribution in [0.3, 0.4) is 0 Å². The third-order valence-corrected chi connectivity index (χ3v) is 15.1. The minimum atomic E-state index is -5.09. The lowest BCUT2D eigenvalue weighted by molar-refractivity contribution is -0.222. The molecule has 0 bridgehead atoms. The predicted molar refractivity (Wildman–Crippen MR) is 209 cm³/mol. The van der Waals surface area contributed by atoms with Crippen molar-refractivity contribution in [2.75, 3.05) is 13.2 Å². The van der Waals surface area contributed by atoms with E-state index < -0.39 is 85.9 Å². The Morgan fingerprint density at radius 1 is 1.12 bits per heavy atom. The molecule has 4 amide bonds. The van der Waals surface area contributed by atoms with Gasteiger partial charge in [0.2, 0.25) is 27.7 Å². The number of carbonyl (C=O) groups excluding carboxylic acids is 3. The van der Waals surface area contributed by atoms with Crippen LogP contribution in [0.2, 0.25) is 0 Å². The predicted octanol–water partition coefficient (Wildman–Crippen LogP) is 5.48. The van der Waals surface area contributed by atoms with Crippen molar-refractivity contribution in [3.8, 4) is 11.6 Å². The van der Waals surface area contributed by atoms with E-state index in [4.69, 9.17) is 14.5 Å². The van der Waals surface area contributed by atoms with E-state index in [2.05, 4.69) is 10.0 Å². The lowest BCUT2D eigenvalue weighted by atomic mass is 9.85. The Hall–Kier alpha value is -4.61. The van der Waals surface area contributed by atoms with E-state index in [0.717, 1.165) is 10.3 Å². The van der Waals surface area contributed by atoms with Crippen LogP contribution in [0.15, 0.2) is 36.4 Å². The van der Waals surface area contributed by atoms with Crippen molar-refractivity contribution in [2.24, 2.45) is 17.8 Å². The number of fused-ring (bicyclic) bond motifs is 5. The third kappa shape index (κ3) is 7.81. The summed E-state index contributed by atoms with van der Waals surface area (Å²) in [5.41, 5.74) is -4.09. The van der Waals surface area contributed by atoms with Crippen LogP contribution in [0.25, 0.3) is 10.8 Å². The SMILES string of the molecule is C[C@@H]1CC/C=C\[C@@H]2C[C@@]2(C(=O)NS(=O)(=O)C2(C)CC2)NC(=O)[C@@H]2C[C@@H](Oc3nc4c(c5ccccc35)OCCC4)CN2C(=O)[C@@H](N(C(=O)O)C(C)(C)C(F)(F)F)[C@H](C)C1. The zero-order valence-electron chi connectivity index (χ0n) is 33.8. The van der Waals surface area contributed by atoms with Gasteiger partial charge in [0.05, 0.1) is 23.6 Å². The first-order chi connectivity index (χ1) is 27.6. The van der Waals surface area contributed by atoms with E-state index in [9.17, 15) is 41.1 Å². The van der Waals surface area contributed by atoms with Gasteiger partial charge in [-0.15, -0.1) is 0 Å². The number of amides is 4. The molecule has 2 aromatic rings. The third-order valence-electron chi connectivity index (χ3n) is 13.0. The first kappa shape index (κ1) is 42.5. The first-order valence-electron chi connectivity index (χ1n) is 20.3. The molecule has 2 aliphatic carbocycles. The van der Waals surface area contributed by atoms with Gasteiger partial charge in [0.1, 0.15) is 35.0 Å². The van der Waals surface area contributed by atoms with Crippen LogP contribution in [0.1, 0.15) is 91.7 Å². The highest BCUT2D eigenvalue weighted by Gasteiger charge is 2.64. The lowest BCUT2D eigenvalue weighted by Crippen LogP contribution is -2.66. The standard InChI is InChI=1S/C41H52F3N5O9S/c1-23-11-6-7-12-25-21-40(25,36(52)47-59(55,56)39(5)16-17-39)46-33(50)30-20-26(58-34-28-14-9-8-13-27(28)32-29(45-34)15-10-18-57-32)22-48(30)35(51)31(24(2)19-23)49(37(53)54)38(3,4)41(42,43)44/h7-9,12-14,23-26,30-31H,6,10-11,15-22H2,1-5H3,(H,46,50)(H,47,52)(H,53,54)/b12-7-/t23-,24-,25-,26-,30+,31+,40-/m1/s1. The van der Waals surface area contributed by atoms with Crippen molar-refractivity contribution in [1.82, 2.24) is 24.8 Å². The molecule has 322 valence electrons. The monoisotopic (exact) mass is 847 g/mol. The summed E-state index contributed by atoms with van der Waals surface area (Å²) < 4.78 is 84.2. The second-order valence-corrected chi connectivity index (χ2v) is 20.0. The molecule has 59 heavy (non-hydrogen) atoms. The molecule has 0 spiro atoms. The number of nitrogens with one attached hydrogen (secondary N) is 2.